The molecule has 13 heteroatoms. The Balaban J connectivity index is 1.44. The summed E-state index contributed by atoms with van der Waals surface area (Å²) in [4.78, 5) is 55.4. The van der Waals surface area contributed by atoms with Crippen LogP contribution in [0, 0.1) is 5.82 Å². The number of carboxylic acid groups (broad SMARTS) is 1. The molecule has 0 bridgehead atoms. The molecule has 0 aliphatic carbocycles. The Labute approximate surface area is 212 Å². The van der Waals surface area contributed by atoms with E-state index in [1.165, 1.54) is 23.6 Å². The Kier molecular flexibility index (Phi) is 6.44. The first-order chi connectivity index (χ1) is 17.8. The first-order valence-electron chi connectivity index (χ1n) is 11.1. The minimum absolute atomic E-state index is 0.0450. The number of amides is 4. The third-order valence-corrected chi connectivity index (χ3v) is 6.57. The van der Waals surface area contributed by atoms with Crippen molar-refractivity contribution < 1.29 is 38.1 Å². The number of carbonyl (C=O) groups excluding carboxylic acids is 3. The number of anilines is 1. The minimum Gasteiger partial charge on any atom is -0.486 e. The SMILES string of the molecule is O=C(O)c1csc(NC(=O)[C@H](Cc2ccccc2F)N2C(=O)N[C@H](c3ccc4c(c3)OCCO4)C2=O)n1. The molecule has 2 aliphatic heterocycles. The second kappa shape index (κ2) is 9.85. The molecule has 190 valence electrons. The zero-order valence-corrected chi connectivity index (χ0v) is 19.8. The van der Waals surface area contributed by atoms with Crippen LogP contribution < -0.4 is 20.1 Å². The van der Waals surface area contributed by atoms with Gasteiger partial charge < -0.3 is 25.2 Å². The van der Waals surface area contributed by atoms with Gasteiger partial charge in [-0.05, 0) is 29.3 Å². The second-order valence-corrected chi connectivity index (χ2v) is 9.00. The van der Waals surface area contributed by atoms with Gasteiger partial charge in [-0.25, -0.2) is 23.9 Å². The maximum atomic E-state index is 14.5. The van der Waals surface area contributed by atoms with Gasteiger partial charge in [0.15, 0.2) is 22.3 Å². The van der Waals surface area contributed by atoms with Gasteiger partial charge in [-0.2, -0.15) is 0 Å². The van der Waals surface area contributed by atoms with Crippen LogP contribution in [0.3, 0.4) is 0 Å². The zero-order chi connectivity index (χ0) is 26.1. The van der Waals surface area contributed by atoms with E-state index in [0.717, 1.165) is 16.2 Å². The number of aromatic nitrogens is 1. The number of nitrogens with zero attached hydrogens (tertiary/aromatic N) is 2. The van der Waals surface area contributed by atoms with E-state index in [0.29, 0.717) is 30.3 Å². The lowest BCUT2D eigenvalue weighted by Crippen LogP contribution is -2.49. The number of imide groups is 1. The Morgan fingerprint density at radius 2 is 1.95 bits per heavy atom. The molecule has 0 saturated carbocycles. The zero-order valence-electron chi connectivity index (χ0n) is 19.0. The van der Waals surface area contributed by atoms with Crippen LogP contribution in [-0.2, 0) is 16.0 Å². The van der Waals surface area contributed by atoms with Crippen molar-refractivity contribution in [2.45, 2.75) is 18.5 Å². The molecule has 2 aromatic carbocycles. The number of halogens is 1. The predicted molar refractivity (Wildman–Crippen MR) is 127 cm³/mol. The Hall–Kier alpha value is -4.52. The number of benzene rings is 2. The molecule has 5 rings (SSSR count). The lowest BCUT2D eigenvalue weighted by Gasteiger charge is -2.24. The maximum Gasteiger partial charge on any atom is 0.355 e. The van der Waals surface area contributed by atoms with Crippen molar-refractivity contribution >= 4 is 40.3 Å². The van der Waals surface area contributed by atoms with Crippen LogP contribution in [0.4, 0.5) is 14.3 Å². The molecule has 0 spiro atoms. The molecule has 37 heavy (non-hydrogen) atoms. The fourth-order valence-corrected chi connectivity index (χ4v) is 4.73. The van der Waals surface area contributed by atoms with E-state index in [1.807, 2.05) is 0 Å². The van der Waals surface area contributed by atoms with Crippen molar-refractivity contribution in [2.24, 2.45) is 0 Å². The van der Waals surface area contributed by atoms with Crippen molar-refractivity contribution in [1.82, 2.24) is 15.2 Å². The van der Waals surface area contributed by atoms with Crippen LogP contribution in [-0.4, -0.2) is 58.1 Å². The summed E-state index contributed by atoms with van der Waals surface area (Å²) < 4.78 is 25.5. The van der Waals surface area contributed by atoms with E-state index in [4.69, 9.17) is 14.6 Å². The number of thiazole rings is 1. The highest BCUT2D eigenvalue weighted by atomic mass is 32.1. The third kappa shape index (κ3) is 4.80. The summed E-state index contributed by atoms with van der Waals surface area (Å²) in [5.74, 6) is -2.52. The molecule has 0 radical (unpaired) electrons. The minimum atomic E-state index is -1.45. The van der Waals surface area contributed by atoms with Crippen molar-refractivity contribution in [3.8, 4) is 11.5 Å². The van der Waals surface area contributed by atoms with Gasteiger partial charge in [-0.3, -0.25) is 9.59 Å². The summed E-state index contributed by atoms with van der Waals surface area (Å²) in [5, 5.41) is 15.3. The molecular weight excluding hydrogens is 507 g/mol. The summed E-state index contributed by atoms with van der Waals surface area (Å²) in [6, 6.07) is 7.09. The summed E-state index contributed by atoms with van der Waals surface area (Å²) in [5.41, 5.74) is 0.247. The number of ether oxygens (including phenoxy) is 2. The lowest BCUT2D eigenvalue weighted by atomic mass is 10.0. The summed E-state index contributed by atoms with van der Waals surface area (Å²) in [6.07, 6.45) is -0.317. The predicted octanol–water partition coefficient (Wildman–Crippen LogP) is 2.59. The van der Waals surface area contributed by atoms with E-state index in [1.54, 1.807) is 24.3 Å². The second-order valence-electron chi connectivity index (χ2n) is 8.14. The van der Waals surface area contributed by atoms with Gasteiger partial charge in [0.1, 0.15) is 31.1 Å². The van der Waals surface area contributed by atoms with Crippen LogP contribution in [0.15, 0.2) is 47.8 Å². The molecular formula is C24H19FN4O7S. The van der Waals surface area contributed by atoms with E-state index in [-0.39, 0.29) is 22.8 Å². The highest BCUT2D eigenvalue weighted by Crippen LogP contribution is 2.35. The van der Waals surface area contributed by atoms with Crippen LogP contribution in [0.2, 0.25) is 0 Å². The number of hydrogen-bond donors (Lipinski definition) is 3. The molecule has 0 unspecified atom stereocenters. The lowest BCUT2D eigenvalue weighted by molar-refractivity contribution is -0.134. The number of urea groups is 1. The third-order valence-electron chi connectivity index (χ3n) is 5.81. The Morgan fingerprint density at radius 1 is 1.19 bits per heavy atom. The molecule has 1 aromatic heterocycles. The van der Waals surface area contributed by atoms with Crippen LogP contribution in [0.5, 0.6) is 11.5 Å². The number of hydrogen-bond acceptors (Lipinski definition) is 8. The van der Waals surface area contributed by atoms with E-state index in [2.05, 4.69) is 15.6 Å². The molecule has 11 nitrogen and oxygen atoms in total. The quantitative estimate of drug-likeness (QED) is 0.398. The molecule has 3 heterocycles. The number of carbonyl (C=O) groups is 4. The van der Waals surface area contributed by atoms with Crippen molar-refractivity contribution in [3.05, 3.63) is 70.5 Å². The van der Waals surface area contributed by atoms with Crippen LogP contribution in [0.1, 0.15) is 27.7 Å². The number of rotatable bonds is 7. The van der Waals surface area contributed by atoms with Crippen LogP contribution in [0.25, 0.3) is 0 Å². The van der Waals surface area contributed by atoms with Gasteiger partial charge in [0, 0.05) is 11.8 Å². The highest BCUT2D eigenvalue weighted by molar-refractivity contribution is 7.14. The Morgan fingerprint density at radius 3 is 2.68 bits per heavy atom. The first-order valence-corrected chi connectivity index (χ1v) is 12.0. The molecule has 3 N–H and O–H groups in total. The monoisotopic (exact) mass is 526 g/mol. The van der Waals surface area contributed by atoms with Crippen molar-refractivity contribution in [2.75, 3.05) is 18.5 Å². The van der Waals surface area contributed by atoms with Crippen molar-refractivity contribution in [3.63, 3.8) is 0 Å². The van der Waals surface area contributed by atoms with Gasteiger partial charge in [-0.15, -0.1) is 11.3 Å². The van der Waals surface area contributed by atoms with E-state index >= 15 is 0 Å². The largest absolute Gasteiger partial charge is 0.486 e. The summed E-state index contributed by atoms with van der Waals surface area (Å²) >= 11 is 0.860. The number of aromatic carboxylic acids is 1. The number of fused-ring (bicyclic) bond motifs is 1. The molecule has 2 aliphatic rings. The fraction of sp³-hybridized carbons (Fsp3) is 0.208. The molecule has 2 atom stereocenters. The van der Waals surface area contributed by atoms with E-state index < -0.39 is 41.7 Å². The molecule has 4 amide bonds. The highest BCUT2D eigenvalue weighted by Gasteiger charge is 2.46. The van der Waals surface area contributed by atoms with Gasteiger partial charge in [-0.1, -0.05) is 24.3 Å². The normalized spacial score (nSPS) is 17.3. The average molecular weight is 527 g/mol. The molecule has 3 aromatic rings. The molecule has 1 saturated heterocycles. The maximum absolute atomic E-state index is 14.5. The first kappa shape index (κ1) is 24.2. The smallest absolute Gasteiger partial charge is 0.355 e. The van der Waals surface area contributed by atoms with Gasteiger partial charge in [0.05, 0.1) is 0 Å². The topological polar surface area (TPSA) is 147 Å². The van der Waals surface area contributed by atoms with E-state index in [9.17, 15) is 23.6 Å². The van der Waals surface area contributed by atoms with Crippen molar-refractivity contribution in [1.29, 1.82) is 0 Å². The number of nitrogens with one attached hydrogen (secondary N) is 2. The average Bonchev–Trinajstić information content (AvgIpc) is 3.47. The van der Waals surface area contributed by atoms with Crippen LogP contribution >= 0.6 is 11.3 Å². The van der Waals surface area contributed by atoms with Gasteiger partial charge in [0.25, 0.3) is 5.91 Å². The standard InChI is InChI=1S/C24H19FN4O7S/c25-14-4-2-1-3-12(14)9-16(20(30)28-23-26-15(11-37-23)22(32)33)29-21(31)19(27-24(29)34)13-5-6-17-18(10-13)36-8-7-35-17/h1-6,10-11,16,19H,7-9H2,(H,27,34)(H,32,33)(H,26,28,30)/t16-,19+/m0/s1. The summed E-state index contributed by atoms with van der Waals surface area (Å²) in [6.45, 7) is 0.720. The summed E-state index contributed by atoms with van der Waals surface area (Å²) in [7, 11) is 0. The molecule has 1 fully saturated rings. The van der Waals surface area contributed by atoms with Gasteiger partial charge in [0.2, 0.25) is 5.91 Å². The fourth-order valence-electron chi connectivity index (χ4n) is 4.05. The Bertz CT molecular complexity index is 1410. The van der Waals surface area contributed by atoms with Gasteiger partial charge >= 0.3 is 12.0 Å². The number of carboxylic acids is 1.